The summed E-state index contributed by atoms with van der Waals surface area (Å²) in [5.74, 6) is 0. The Bertz CT molecular complexity index is 533. The molecular formula is C16H17ClN2. The van der Waals surface area contributed by atoms with Crippen LogP contribution < -0.4 is 5.32 Å². The third-order valence-electron chi connectivity index (χ3n) is 2.41. The summed E-state index contributed by atoms with van der Waals surface area (Å²) in [6.07, 6.45) is 3.80. The molecule has 2 aromatic rings. The first-order chi connectivity index (χ1) is 8.84. The van der Waals surface area contributed by atoms with Crippen molar-refractivity contribution in [3.8, 4) is 0 Å². The lowest BCUT2D eigenvalue weighted by molar-refractivity contribution is 1.48. The molecule has 0 amide bonds. The van der Waals surface area contributed by atoms with Gasteiger partial charge >= 0.3 is 0 Å². The molecule has 0 spiro atoms. The summed E-state index contributed by atoms with van der Waals surface area (Å²) >= 11 is 0. The monoisotopic (exact) mass is 272 g/mol. The highest BCUT2D eigenvalue weighted by molar-refractivity contribution is 5.85. The zero-order chi connectivity index (χ0) is 12.6. The Kier molecular flexibility index (Phi) is 6.41. The first-order valence-electron chi connectivity index (χ1n) is 5.92. The minimum Gasteiger partial charge on any atom is -0.361 e. The predicted octanol–water partition coefficient (Wildman–Crippen LogP) is 4.83. The molecule has 0 saturated carbocycles. The van der Waals surface area contributed by atoms with Crippen LogP contribution in [-0.4, -0.2) is 6.21 Å². The normalized spacial score (nSPS) is 11.1. The topological polar surface area (TPSA) is 24.4 Å². The maximum absolute atomic E-state index is 4.39. The van der Waals surface area contributed by atoms with Crippen LogP contribution >= 0.6 is 12.4 Å². The zero-order valence-electron chi connectivity index (χ0n) is 10.8. The van der Waals surface area contributed by atoms with E-state index in [9.17, 15) is 0 Å². The van der Waals surface area contributed by atoms with Gasteiger partial charge in [-0.15, -0.1) is 12.4 Å². The lowest BCUT2D eigenvalue weighted by Gasteiger charge is -2.00. The summed E-state index contributed by atoms with van der Waals surface area (Å²) in [6, 6.07) is 20.0. The van der Waals surface area contributed by atoms with Gasteiger partial charge in [0.2, 0.25) is 0 Å². The summed E-state index contributed by atoms with van der Waals surface area (Å²) in [5.41, 5.74) is 3.11. The van der Waals surface area contributed by atoms with Gasteiger partial charge in [0.05, 0.1) is 5.69 Å². The molecule has 0 heterocycles. The van der Waals surface area contributed by atoms with E-state index in [1.807, 2.05) is 80.0 Å². The first-order valence-corrected chi connectivity index (χ1v) is 5.92. The Labute approximate surface area is 120 Å². The Hall–Kier alpha value is -2.06. The summed E-state index contributed by atoms with van der Waals surface area (Å²) in [7, 11) is 0. The minimum absolute atomic E-state index is 0. The molecular weight excluding hydrogens is 256 g/mol. The fourth-order valence-corrected chi connectivity index (χ4v) is 1.46. The SMILES string of the molecule is C/C(C=Nc1ccccc1)=C\Nc1ccccc1.Cl. The van der Waals surface area contributed by atoms with Crippen molar-refractivity contribution in [3.05, 3.63) is 72.4 Å². The van der Waals surface area contributed by atoms with Crippen LogP contribution in [0.2, 0.25) is 0 Å². The summed E-state index contributed by atoms with van der Waals surface area (Å²) in [5, 5.41) is 3.23. The van der Waals surface area contributed by atoms with Crippen LogP contribution in [0.15, 0.2) is 77.4 Å². The Morgan fingerprint density at radius 1 is 0.947 bits per heavy atom. The van der Waals surface area contributed by atoms with Gasteiger partial charge in [-0.3, -0.25) is 4.99 Å². The number of halogens is 1. The predicted molar refractivity (Wildman–Crippen MR) is 85.7 cm³/mol. The van der Waals surface area contributed by atoms with Gasteiger partial charge in [0.1, 0.15) is 0 Å². The van der Waals surface area contributed by atoms with Gasteiger partial charge in [-0.1, -0.05) is 36.4 Å². The third kappa shape index (κ3) is 5.40. The number of benzene rings is 2. The second-order valence-corrected chi connectivity index (χ2v) is 3.99. The van der Waals surface area contributed by atoms with Crippen LogP contribution in [0.3, 0.4) is 0 Å². The largest absolute Gasteiger partial charge is 0.361 e. The molecule has 3 heteroatoms. The lowest BCUT2D eigenvalue weighted by atomic mass is 10.3. The highest BCUT2D eigenvalue weighted by Gasteiger charge is 1.87. The van der Waals surface area contributed by atoms with Gasteiger partial charge in [-0.05, 0) is 36.8 Å². The molecule has 0 fully saturated rings. The minimum atomic E-state index is 0. The van der Waals surface area contributed by atoms with Crippen LogP contribution in [0, 0.1) is 0 Å². The molecule has 0 bridgehead atoms. The van der Waals surface area contributed by atoms with Crippen molar-refractivity contribution in [2.75, 3.05) is 5.32 Å². The molecule has 0 unspecified atom stereocenters. The number of rotatable bonds is 4. The smallest absolute Gasteiger partial charge is 0.0629 e. The zero-order valence-corrected chi connectivity index (χ0v) is 11.6. The van der Waals surface area contributed by atoms with Crippen LogP contribution in [-0.2, 0) is 0 Å². The lowest BCUT2D eigenvalue weighted by Crippen LogP contribution is -1.89. The number of allylic oxidation sites excluding steroid dienone is 1. The molecule has 0 aromatic heterocycles. The molecule has 1 N–H and O–H groups in total. The number of nitrogens with one attached hydrogen (secondary N) is 1. The number of aliphatic imine (C=N–C) groups is 1. The highest BCUT2D eigenvalue weighted by atomic mass is 35.5. The van der Waals surface area contributed by atoms with Crippen LogP contribution in [0.25, 0.3) is 0 Å². The molecule has 0 saturated heterocycles. The van der Waals surface area contributed by atoms with Gasteiger partial charge < -0.3 is 5.32 Å². The van der Waals surface area contributed by atoms with Crippen LogP contribution in [0.5, 0.6) is 0 Å². The van der Waals surface area contributed by atoms with E-state index in [2.05, 4.69) is 10.3 Å². The average Bonchev–Trinajstić information content (AvgIpc) is 2.45. The molecule has 0 aliphatic carbocycles. The third-order valence-corrected chi connectivity index (χ3v) is 2.41. The number of hydrogen-bond donors (Lipinski definition) is 1. The van der Waals surface area contributed by atoms with Gasteiger partial charge in [-0.2, -0.15) is 0 Å². The summed E-state index contributed by atoms with van der Waals surface area (Å²) < 4.78 is 0. The second kappa shape index (κ2) is 8.11. The van der Waals surface area contributed by atoms with E-state index < -0.39 is 0 Å². The van der Waals surface area contributed by atoms with E-state index in [1.54, 1.807) is 0 Å². The summed E-state index contributed by atoms with van der Waals surface area (Å²) in [4.78, 5) is 4.39. The number of anilines is 1. The number of nitrogens with zero attached hydrogens (tertiary/aromatic N) is 1. The second-order valence-electron chi connectivity index (χ2n) is 3.99. The van der Waals surface area contributed by atoms with Crippen molar-refractivity contribution < 1.29 is 0 Å². The molecule has 2 nitrogen and oxygen atoms in total. The van der Waals surface area contributed by atoms with E-state index in [0.29, 0.717) is 0 Å². The van der Waals surface area contributed by atoms with E-state index in [1.165, 1.54) is 0 Å². The van der Waals surface area contributed by atoms with E-state index in [-0.39, 0.29) is 12.4 Å². The summed E-state index contributed by atoms with van der Waals surface area (Å²) in [6.45, 7) is 2.02. The van der Waals surface area contributed by atoms with Crippen molar-refractivity contribution >= 4 is 30.0 Å². The Morgan fingerprint density at radius 3 is 2.16 bits per heavy atom. The first kappa shape index (κ1) is 15.0. The fraction of sp³-hybridized carbons (Fsp3) is 0.0625. The van der Waals surface area contributed by atoms with Crippen molar-refractivity contribution in [2.24, 2.45) is 4.99 Å². The van der Waals surface area contributed by atoms with Crippen molar-refractivity contribution in [3.63, 3.8) is 0 Å². The van der Waals surface area contributed by atoms with E-state index >= 15 is 0 Å². The Morgan fingerprint density at radius 2 is 1.53 bits per heavy atom. The van der Waals surface area contributed by atoms with Gasteiger partial charge in [-0.25, -0.2) is 0 Å². The molecule has 2 rings (SSSR count). The van der Waals surface area contributed by atoms with Crippen LogP contribution in [0.4, 0.5) is 11.4 Å². The van der Waals surface area contributed by atoms with Gasteiger partial charge in [0, 0.05) is 18.1 Å². The highest BCUT2D eigenvalue weighted by Crippen LogP contribution is 2.10. The molecule has 0 atom stereocenters. The Balaban J connectivity index is 0.00000180. The van der Waals surface area contributed by atoms with Gasteiger partial charge in [0.25, 0.3) is 0 Å². The van der Waals surface area contributed by atoms with Gasteiger partial charge in [0.15, 0.2) is 0 Å². The van der Waals surface area contributed by atoms with Crippen LogP contribution in [0.1, 0.15) is 6.92 Å². The van der Waals surface area contributed by atoms with Crippen molar-refractivity contribution in [1.82, 2.24) is 0 Å². The molecule has 19 heavy (non-hydrogen) atoms. The molecule has 0 aliphatic heterocycles. The maximum Gasteiger partial charge on any atom is 0.0629 e. The molecule has 0 radical (unpaired) electrons. The number of hydrogen-bond acceptors (Lipinski definition) is 2. The van der Waals surface area contributed by atoms with Crippen molar-refractivity contribution in [2.45, 2.75) is 6.92 Å². The standard InChI is InChI=1S/C16H16N2.ClH/c1-14(12-17-15-8-4-2-5-9-15)13-18-16-10-6-3-7-11-16;/h2-13,17H,1H3;1H/b14-12+,18-13?;. The number of para-hydroxylation sites is 2. The molecule has 98 valence electrons. The fourth-order valence-electron chi connectivity index (χ4n) is 1.46. The van der Waals surface area contributed by atoms with E-state index in [0.717, 1.165) is 16.9 Å². The van der Waals surface area contributed by atoms with Crippen molar-refractivity contribution in [1.29, 1.82) is 0 Å². The molecule has 2 aromatic carbocycles. The van der Waals surface area contributed by atoms with E-state index in [4.69, 9.17) is 0 Å². The quantitative estimate of drug-likeness (QED) is 0.793. The molecule has 0 aliphatic rings. The average molecular weight is 273 g/mol. The maximum atomic E-state index is 4.39.